The first-order valence-corrected chi connectivity index (χ1v) is 7.37. The van der Waals surface area contributed by atoms with Crippen molar-refractivity contribution in [3.8, 4) is 0 Å². The van der Waals surface area contributed by atoms with E-state index in [4.69, 9.17) is 0 Å². The van der Waals surface area contributed by atoms with Gasteiger partial charge in [0.05, 0.1) is 16.8 Å². The molecule has 2 rings (SSSR count). The van der Waals surface area contributed by atoms with Crippen LogP contribution in [0, 0.1) is 0 Å². The zero-order chi connectivity index (χ0) is 13.8. The first kappa shape index (κ1) is 13.8. The van der Waals surface area contributed by atoms with Gasteiger partial charge in [-0.15, -0.1) is 11.3 Å². The van der Waals surface area contributed by atoms with Crippen LogP contribution >= 0.6 is 11.3 Å². The van der Waals surface area contributed by atoms with Gasteiger partial charge in [-0.1, -0.05) is 20.3 Å². The molecule has 19 heavy (non-hydrogen) atoms. The minimum Gasteiger partial charge on any atom is -0.308 e. The lowest BCUT2D eigenvalue weighted by Gasteiger charge is -2.13. The van der Waals surface area contributed by atoms with Crippen molar-refractivity contribution in [2.45, 2.75) is 33.1 Å². The first-order valence-electron chi connectivity index (χ1n) is 6.55. The van der Waals surface area contributed by atoms with Crippen LogP contribution in [0.4, 0.5) is 5.69 Å². The molecule has 0 aliphatic rings. The second kappa shape index (κ2) is 6.02. The van der Waals surface area contributed by atoms with Gasteiger partial charge in [-0.25, -0.2) is 0 Å². The van der Waals surface area contributed by atoms with Gasteiger partial charge in [0.1, 0.15) is 0 Å². The third-order valence-electron chi connectivity index (χ3n) is 3.14. The Morgan fingerprint density at radius 3 is 2.84 bits per heavy atom. The average Bonchev–Trinajstić information content (AvgIpc) is 3.06. The molecule has 0 aliphatic carbocycles. The van der Waals surface area contributed by atoms with Crippen LogP contribution in [0.5, 0.6) is 0 Å². The lowest BCUT2D eigenvalue weighted by molar-refractivity contribution is 0.0997. The summed E-state index contributed by atoms with van der Waals surface area (Å²) in [5.41, 5.74) is 2.09. The van der Waals surface area contributed by atoms with E-state index in [1.54, 1.807) is 35.7 Å². The minimum atomic E-state index is 0.0310. The molecule has 2 aromatic heterocycles. The Bertz CT molecular complexity index is 545. The molecule has 0 radical (unpaired) electrons. The van der Waals surface area contributed by atoms with E-state index in [2.05, 4.69) is 24.0 Å². The Morgan fingerprint density at radius 1 is 1.47 bits per heavy atom. The van der Waals surface area contributed by atoms with Gasteiger partial charge < -0.3 is 4.90 Å². The first-order chi connectivity index (χ1) is 9.17. The number of thiophene rings is 1. The summed E-state index contributed by atoms with van der Waals surface area (Å²) in [6, 6.07) is 2.04. The van der Waals surface area contributed by atoms with Crippen LogP contribution in [0.3, 0.4) is 0 Å². The van der Waals surface area contributed by atoms with Gasteiger partial charge in [0, 0.05) is 18.1 Å². The summed E-state index contributed by atoms with van der Waals surface area (Å²) < 4.78 is 0. The average molecular weight is 277 g/mol. The SMILES string of the molecule is CCCc1sc(C(=O)N(C)c2cn[nH]c2)cc1CC. The van der Waals surface area contributed by atoms with E-state index in [1.165, 1.54) is 10.4 Å². The molecule has 0 saturated heterocycles. The molecule has 0 aromatic carbocycles. The van der Waals surface area contributed by atoms with Crippen LogP contribution in [0.2, 0.25) is 0 Å². The number of anilines is 1. The Morgan fingerprint density at radius 2 is 2.26 bits per heavy atom. The van der Waals surface area contributed by atoms with Crippen LogP contribution in [-0.2, 0) is 12.8 Å². The number of aromatic amines is 1. The molecule has 102 valence electrons. The fraction of sp³-hybridized carbons (Fsp3) is 0.429. The van der Waals surface area contributed by atoms with Crippen molar-refractivity contribution in [3.63, 3.8) is 0 Å². The molecule has 4 nitrogen and oxygen atoms in total. The van der Waals surface area contributed by atoms with Gasteiger partial charge in [-0.3, -0.25) is 9.89 Å². The molecule has 0 unspecified atom stereocenters. The molecule has 0 bridgehead atoms. The number of carbonyl (C=O) groups excluding carboxylic acids is 1. The van der Waals surface area contributed by atoms with Gasteiger partial charge in [0.2, 0.25) is 0 Å². The number of nitrogens with one attached hydrogen (secondary N) is 1. The molecule has 0 atom stereocenters. The van der Waals surface area contributed by atoms with Crippen molar-refractivity contribution in [3.05, 3.63) is 33.8 Å². The number of hydrogen-bond donors (Lipinski definition) is 1. The lowest BCUT2D eigenvalue weighted by atomic mass is 10.1. The molecule has 1 amide bonds. The second-order valence-corrected chi connectivity index (χ2v) is 5.62. The number of nitrogens with zero attached hydrogens (tertiary/aromatic N) is 2. The molecule has 0 fully saturated rings. The minimum absolute atomic E-state index is 0.0310. The van der Waals surface area contributed by atoms with Gasteiger partial charge in [-0.05, 0) is 24.5 Å². The summed E-state index contributed by atoms with van der Waals surface area (Å²) in [6.45, 7) is 4.30. The van der Waals surface area contributed by atoms with E-state index >= 15 is 0 Å². The van der Waals surface area contributed by atoms with Crippen LogP contribution < -0.4 is 4.90 Å². The summed E-state index contributed by atoms with van der Waals surface area (Å²) >= 11 is 1.62. The normalized spacial score (nSPS) is 10.7. The number of amides is 1. The fourth-order valence-corrected chi connectivity index (χ4v) is 3.35. The van der Waals surface area contributed by atoms with E-state index in [9.17, 15) is 4.79 Å². The fourth-order valence-electron chi connectivity index (χ4n) is 2.02. The lowest BCUT2D eigenvalue weighted by Crippen LogP contribution is -2.24. The van der Waals surface area contributed by atoms with E-state index in [1.807, 2.05) is 6.07 Å². The largest absolute Gasteiger partial charge is 0.308 e. The molecule has 5 heteroatoms. The van der Waals surface area contributed by atoms with Gasteiger partial charge >= 0.3 is 0 Å². The molecule has 0 spiro atoms. The van der Waals surface area contributed by atoms with Gasteiger partial charge in [-0.2, -0.15) is 5.10 Å². The summed E-state index contributed by atoms with van der Waals surface area (Å²) in [5.74, 6) is 0.0310. The van der Waals surface area contributed by atoms with E-state index in [-0.39, 0.29) is 5.91 Å². The van der Waals surface area contributed by atoms with E-state index < -0.39 is 0 Å². The van der Waals surface area contributed by atoms with E-state index in [0.29, 0.717) is 0 Å². The number of hydrogen-bond acceptors (Lipinski definition) is 3. The number of aryl methyl sites for hydroxylation is 2. The Kier molecular flexibility index (Phi) is 4.37. The van der Waals surface area contributed by atoms with Crippen LogP contribution in [0.25, 0.3) is 0 Å². The molecule has 1 N–H and O–H groups in total. The summed E-state index contributed by atoms with van der Waals surface area (Å²) in [7, 11) is 1.78. The molecule has 2 heterocycles. The van der Waals surface area contributed by atoms with Crippen molar-refractivity contribution in [1.29, 1.82) is 0 Å². The summed E-state index contributed by atoms with van der Waals surface area (Å²) in [6.07, 6.45) is 6.52. The van der Waals surface area contributed by atoms with Crippen molar-refractivity contribution in [1.82, 2.24) is 10.2 Å². The topological polar surface area (TPSA) is 49.0 Å². The quantitative estimate of drug-likeness (QED) is 0.912. The molecular weight excluding hydrogens is 258 g/mol. The third-order valence-corrected chi connectivity index (χ3v) is 4.37. The Hall–Kier alpha value is -1.62. The Labute approximate surface area is 117 Å². The van der Waals surface area contributed by atoms with E-state index in [0.717, 1.165) is 29.8 Å². The van der Waals surface area contributed by atoms with Crippen molar-refractivity contribution < 1.29 is 4.79 Å². The standard InChI is InChI=1S/C14H19N3OS/c1-4-6-12-10(5-2)7-13(19-12)14(18)17(3)11-8-15-16-9-11/h7-9H,4-6H2,1-3H3,(H,15,16). The predicted molar refractivity (Wildman–Crippen MR) is 79.0 cm³/mol. The maximum absolute atomic E-state index is 12.4. The second-order valence-electron chi connectivity index (χ2n) is 4.48. The number of carbonyl (C=O) groups is 1. The Balaban J connectivity index is 2.24. The maximum Gasteiger partial charge on any atom is 0.268 e. The molecule has 2 aromatic rings. The number of H-pyrrole nitrogens is 1. The van der Waals surface area contributed by atoms with Gasteiger partial charge in [0.25, 0.3) is 5.91 Å². The third kappa shape index (κ3) is 2.87. The molecule has 0 aliphatic heterocycles. The zero-order valence-electron chi connectivity index (χ0n) is 11.6. The monoisotopic (exact) mass is 277 g/mol. The van der Waals surface area contributed by atoms with Crippen LogP contribution in [0.15, 0.2) is 18.5 Å². The highest BCUT2D eigenvalue weighted by atomic mass is 32.1. The van der Waals surface area contributed by atoms with Crippen LogP contribution in [-0.4, -0.2) is 23.2 Å². The molecular formula is C14H19N3OS. The van der Waals surface area contributed by atoms with Crippen molar-refractivity contribution in [2.24, 2.45) is 0 Å². The van der Waals surface area contributed by atoms with Crippen molar-refractivity contribution in [2.75, 3.05) is 11.9 Å². The van der Waals surface area contributed by atoms with Gasteiger partial charge in [0.15, 0.2) is 0 Å². The number of aromatic nitrogens is 2. The summed E-state index contributed by atoms with van der Waals surface area (Å²) in [4.78, 5) is 16.2. The highest BCUT2D eigenvalue weighted by Crippen LogP contribution is 2.26. The van der Waals surface area contributed by atoms with Crippen LogP contribution in [0.1, 0.15) is 40.4 Å². The number of rotatable bonds is 5. The molecule has 0 saturated carbocycles. The van der Waals surface area contributed by atoms with Crippen molar-refractivity contribution >= 4 is 22.9 Å². The maximum atomic E-state index is 12.4. The predicted octanol–water partition coefficient (Wildman–Crippen LogP) is 3.26. The highest BCUT2D eigenvalue weighted by Gasteiger charge is 2.18. The summed E-state index contributed by atoms with van der Waals surface area (Å²) in [5, 5.41) is 6.60. The highest BCUT2D eigenvalue weighted by molar-refractivity contribution is 7.14. The smallest absolute Gasteiger partial charge is 0.268 e. The zero-order valence-corrected chi connectivity index (χ0v) is 12.4.